The Morgan fingerprint density at radius 1 is 1.10 bits per heavy atom. The van der Waals surface area contributed by atoms with Crippen LogP contribution in [-0.2, 0) is 0 Å². The van der Waals surface area contributed by atoms with Crippen molar-refractivity contribution in [3.05, 3.63) is 99.2 Å². The molecule has 2 unspecified atom stereocenters. The standard InChI is InChI=1S/C24H23BrCl2N2S.BrH/c1-2-14-30-24(25)28-22-17(15-16-8-3-5-12-20(16)26)9-7-11-19(22)23(29-24)18-10-4-6-13-21(18)27;/h2-6,8,10,12-13,15,23,28-29H,1,7,9,11,14H2;1H/b17-15-;. The minimum Gasteiger partial charge on any atom is -0.349 e. The van der Waals surface area contributed by atoms with Crippen LogP contribution >= 0.6 is 67.9 Å². The van der Waals surface area contributed by atoms with Crippen LogP contribution in [0.5, 0.6) is 0 Å². The van der Waals surface area contributed by atoms with E-state index in [0.29, 0.717) is 0 Å². The first-order valence-electron chi connectivity index (χ1n) is 9.93. The van der Waals surface area contributed by atoms with Crippen molar-refractivity contribution < 1.29 is 0 Å². The minimum absolute atomic E-state index is 0. The van der Waals surface area contributed by atoms with E-state index >= 15 is 0 Å². The lowest BCUT2D eigenvalue weighted by atomic mass is 9.83. The molecule has 2 nitrogen and oxygen atoms in total. The maximum absolute atomic E-state index is 6.62. The topological polar surface area (TPSA) is 24.1 Å². The summed E-state index contributed by atoms with van der Waals surface area (Å²) in [6.45, 7) is 3.87. The molecule has 4 rings (SSSR count). The highest BCUT2D eigenvalue weighted by Crippen LogP contribution is 2.46. The molecule has 1 heterocycles. The average molecular weight is 603 g/mol. The lowest BCUT2D eigenvalue weighted by Crippen LogP contribution is -2.55. The largest absolute Gasteiger partial charge is 0.349 e. The van der Waals surface area contributed by atoms with E-state index in [0.717, 1.165) is 46.2 Å². The molecule has 0 bridgehead atoms. The van der Waals surface area contributed by atoms with Gasteiger partial charge in [0, 0.05) is 21.5 Å². The van der Waals surface area contributed by atoms with E-state index in [1.165, 1.54) is 16.8 Å². The van der Waals surface area contributed by atoms with Gasteiger partial charge in [0.15, 0.2) is 3.90 Å². The molecule has 2 aromatic carbocycles. The van der Waals surface area contributed by atoms with Crippen LogP contribution in [0.1, 0.15) is 36.4 Å². The van der Waals surface area contributed by atoms with Crippen molar-refractivity contribution in [1.82, 2.24) is 10.6 Å². The van der Waals surface area contributed by atoms with Crippen molar-refractivity contribution in [2.24, 2.45) is 0 Å². The van der Waals surface area contributed by atoms with Crippen molar-refractivity contribution in [2.75, 3.05) is 5.75 Å². The van der Waals surface area contributed by atoms with Crippen LogP contribution in [0.2, 0.25) is 10.0 Å². The van der Waals surface area contributed by atoms with Gasteiger partial charge in [-0.1, -0.05) is 65.7 Å². The molecule has 1 aliphatic heterocycles. The van der Waals surface area contributed by atoms with Crippen LogP contribution in [0.3, 0.4) is 0 Å². The molecule has 0 fully saturated rings. The summed E-state index contributed by atoms with van der Waals surface area (Å²) in [5.74, 6) is 0.798. The molecular weight excluding hydrogens is 579 g/mol. The molecule has 0 aromatic heterocycles. The predicted octanol–water partition coefficient (Wildman–Crippen LogP) is 8.25. The van der Waals surface area contributed by atoms with E-state index in [1.807, 2.05) is 42.5 Å². The van der Waals surface area contributed by atoms with Crippen molar-refractivity contribution in [3.63, 3.8) is 0 Å². The zero-order chi connectivity index (χ0) is 21.1. The maximum Gasteiger partial charge on any atom is 0.195 e. The minimum atomic E-state index is -0.527. The average Bonchev–Trinajstić information content (AvgIpc) is 2.74. The fourth-order valence-corrected chi connectivity index (χ4v) is 5.98. The summed E-state index contributed by atoms with van der Waals surface area (Å²) in [4.78, 5) is 0. The Balaban J connectivity index is 0.00000272. The van der Waals surface area contributed by atoms with Crippen LogP contribution in [0.25, 0.3) is 6.08 Å². The molecule has 2 atom stereocenters. The van der Waals surface area contributed by atoms with E-state index in [4.69, 9.17) is 23.2 Å². The summed E-state index contributed by atoms with van der Waals surface area (Å²) in [5.41, 5.74) is 5.91. The summed E-state index contributed by atoms with van der Waals surface area (Å²) in [7, 11) is 0. The number of hydrogen-bond acceptors (Lipinski definition) is 3. The number of allylic oxidation sites excluding steroid dienone is 1. The summed E-state index contributed by atoms with van der Waals surface area (Å²) in [6.07, 6.45) is 7.23. The SMILES string of the molecule is Br.C=CCSC1(Br)NC2=C(CCC/C2=C/c2ccccc2Cl)C(c2ccccc2Cl)N1. The molecule has 0 amide bonds. The molecule has 2 aliphatic rings. The Hall–Kier alpha value is -0.690. The summed E-state index contributed by atoms with van der Waals surface area (Å²) in [6, 6.07) is 16.1. The van der Waals surface area contributed by atoms with Gasteiger partial charge in [0.25, 0.3) is 0 Å². The van der Waals surface area contributed by atoms with Gasteiger partial charge in [0.2, 0.25) is 0 Å². The monoisotopic (exact) mass is 600 g/mol. The second-order valence-electron chi connectivity index (χ2n) is 7.36. The van der Waals surface area contributed by atoms with Gasteiger partial charge in [0.05, 0.1) is 6.04 Å². The van der Waals surface area contributed by atoms with Crippen LogP contribution < -0.4 is 10.6 Å². The molecule has 7 heteroatoms. The number of benzene rings is 2. The van der Waals surface area contributed by atoms with Crippen LogP contribution in [0.4, 0.5) is 0 Å². The Bertz CT molecular complexity index is 1020. The van der Waals surface area contributed by atoms with Crippen LogP contribution in [-0.4, -0.2) is 9.66 Å². The van der Waals surface area contributed by atoms with Gasteiger partial charge < -0.3 is 5.32 Å². The third-order valence-electron chi connectivity index (χ3n) is 5.35. The lowest BCUT2D eigenvalue weighted by Gasteiger charge is -2.44. The lowest BCUT2D eigenvalue weighted by molar-refractivity contribution is 0.439. The summed E-state index contributed by atoms with van der Waals surface area (Å²) in [5, 5.41) is 9.00. The van der Waals surface area contributed by atoms with Gasteiger partial charge in [-0.3, -0.25) is 5.32 Å². The molecule has 2 N–H and O–H groups in total. The van der Waals surface area contributed by atoms with E-state index in [-0.39, 0.29) is 23.0 Å². The van der Waals surface area contributed by atoms with Gasteiger partial charge in [-0.2, -0.15) is 0 Å². The number of halogens is 4. The van der Waals surface area contributed by atoms with Gasteiger partial charge in [0.1, 0.15) is 0 Å². The van der Waals surface area contributed by atoms with E-state index in [1.54, 1.807) is 11.8 Å². The Morgan fingerprint density at radius 2 is 1.81 bits per heavy atom. The number of hydrogen-bond donors (Lipinski definition) is 2. The van der Waals surface area contributed by atoms with Gasteiger partial charge in [-0.25, -0.2) is 0 Å². The molecule has 31 heavy (non-hydrogen) atoms. The van der Waals surface area contributed by atoms with Crippen molar-refractivity contribution >= 4 is 74.0 Å². The number of rotatable bonds is 5. The molecule has 0 spiro atoms. The van der Waals surface area contributed by atoms with Gasteiger partial charge in [-0.05, 0) is 75.7 Å². The second kappa shape index (κ2) is 11.0. The molecule has 2 aromatic rings. The predicted molar refractivity (Wildman–Crippen MR) is 145 cm³/mol. The highest BCUT2D eigenvalue weighted by molar-refractivity contribution is 9.11. The molecule has 0 saturated heterocycles. The van der Waals surface area contributed by atoms with E-state index < -0.39 is 3.90 Å². The molecule has 1 aliphatic carbocycles. The van der Waals surface area contributed by atoms with E-state index in [2.05, 4.69) is 51.4 Å². The number of nitrogens with one attached hydrogen (secondary N) is 2. The molecule has 0 saturated carbocycles. The Labute approximate surface area is 217 Å². The smallest absolute Gasteiger partial charge is 0.195 e. The van der Waals surface area contributed by atoms with Crippen LogP contribution in [0.15, 0.2) is 78.0 Å². The van der Waals surface area contributed by atoms with Crippen molar-refractivity contribution in [3.8, 4) is 0 Å². The van der Waals surface area contributed by atoms with Crippen molar-refractivity contribution in [1.29, 1.82) is 0 Å². The molecular formula is C24H24Br2Cl2N2S. The number of alkyl halides is 1. The van der Waals surface area contributed by atoms with E-state index in [9.17, 15) is 0 Å². The zero-order valence-corrected chi connectivity index (χ0v) is 22.5. The summed E-state index contributed by atoms with van der Waals surface area (Å²) < 4.78 is -0.527. The Morgan fingerprint density at radius 3 is 2.52 bits per heavy atom. The third kappa shape index (κ3) is 5.63. The highest BCUT2D eigenvalue weighted by atomic mass is 79.9. The first-order chi connectivity index (χ1) is 14.5. The quantitative estimate of drug-likeness (QED) is 0.205. The highest BCUT2D eigenvalue weighted by Gasteiger charge is 2.40. The normalized spacial score (nSPS) is 24.2. The third-order valence-corrected chi connectivity index (χ3v) is 8.17. The Kier molecular flexibility index (Phi) is 8.81. The first kappa shape index (κ1) is 24.9. The molecule has 164 valence electrons. The van der Waals surface area contributed by atoms with Gasteiger partial charge in [-0.15, -0.1) is 35.3 Å². The fourth-order valence-electron chi connectivity index (χ4n) is 3.99. The maximum atomic E-state index is 6.62. The summed E-state index contributed by atoms with van der Waals surface area (Å²) >= 11 is 18.7. The number of thioether (sulfide) groups is 1. The van der Waals surface area contributed by atoms with Crippen molar-refractivity contribution in [2.45, 2.75) is 29.2 Å². The van der Waals surface area contributed by atoms with Gasteiger partial charge >= 0.3 is 0 Å². The zero-order valence-electron chi connectivity index (χ0n) is 16.8. The molecule has 0 radical (unpaired) electrons. The fraction of sp³-hybridized carbons (Fsp3) is 0.250. The second-order valence-corrected chi connectivity index (χ2v) is 11.1. The van der Waals surface area contributed by atoms with Crippen LogP contribution in [0, 0.1) is 0 Å². The first-order valence-corrected chi connectivity index (χ1v) is 12.5.